The van der Waals surface area contributed by atoms with Crippen LogP contribution in [0.2, 0.25) is 0 Å². The highest BCUT2D eigenvalue weighted by Crippen LogP contribution is 2.35. The Kier molecular flexibility index (Phi) is 6.18. The van der Waals surface area contributed by atoms with Crippen molar-refractivity contribution in [3.05, 3.63) is 72.6 Å². The zero-order chi connectivity index (χ0) is 23.5. The summed E-state index contributed by atoms with van der Waals surface area (Å²) in [6.45, 7) is 2.75. The van der Waals surface area contributed by atoms with E-state index in [1.54, 1.807) is 31.6 Å². The van der Waals surface area contributed by atoms with Crippen LogP contribution < -0.4 is 10.5 Å². The number of benzene rings is 1. The molecule has 0 bridgehead atoms. The largest absolute Gasteiger partial charge is 0.481 e. The minimum Gasteiger partial charge on any atom is -0.481 e. The average Bonchev–Trinajstić information content (AvgIpc) is 3.30. The lowest BCUT2D eigenvalue weighted by Gasteiger charge is -2.33. The van der Waals surface area contributed by atoms with Crippen LogP contribution in [0.25, 0.3) is 22.6 Å². The molecule has 8 nitrogen and oxygen atoms in total. The van der Waals surface area contributed by atoms with Gasteiger partial charge in [0, 0.05) is 49.7 Å². The first-order chi connectivity index (χ1) is 16.6. The Morgan fingerprint density at radius 1 is 1.03 bits per heavy atom. The molecule has 0 amide bonds. The van der Waals surface area contributed by atoms with Crippen molar-refractivity contribution in [3.8, 4) is 28.5 Å². The number of piperidine rings is 1. The third kappa shape index (κ3) is 4.60. The lowest BCUT2D eigenvalue weighted by atomic mass is 10.0. The molecule has 0 atom stereocenters. The van der Waals surface area contributed by atoms with Gasteiger partial charge in [0.1, 0.15) is 5.82 Å². The van der Waals surface area contributed by atoms with Gasteiger partial charge in [0.15, 0.2) is 0 Å². The molecular weight excluding hydrogens is 433 g/mol. The van der Waals surface area contributed by atoms with Crippen molar-refractivity contribution >= 4 is 5.95 Å². The number of aromatic nitrogens is 5. The van der Waals surface area contributed by atoms with E-state index in [0.29, 0.717) is 11.6 Å². The number of hydrogen-bond donors (Lipinski definition) is 1. The van der Waals surface area contributed by atoms with Gasteiger partial charge in [0.05, 0.1) is 30.5 Å². The maximum absolute atomic E-state index is 13.5. The van der Waals surface area contributed by atoms with Crippen LogP contribution in [0.15, 0.2) is 61.2 Å². The van der Waals surface area contributed by atoms with E-state index in [1.165, 1.54) is 17.7 Å². The Balaban J connectivity index is 1.40. The van der Waals surface area contributed by atoms with Crippen molar-refractivity contribution in [3.63, 3.8) is 0 Å². The smallest absolute Gasteiger partial charge is 0.220 e. The molecule has 174 valence electrons. The molecular formula is C25H26FN7O. The summed E-state index contributed by atoms with van der Waals surface area (Å²) in [4.78, 5) is 19.8. The fourth-order valence-corrected chi connectivity index (χ4v) is 4.49. The van der Waals surface area contributed by atoms with E-state index in [0.717, 1.165) is 49.4 Å². The van der Waals surface area contributed by atoms with Gasteiger partial charge in [-0.3, -0.25) is 4.90 Å². The van der Waals surface area contributed by atoms with Gasteiger partial charge in [-0.15, -0.1) is 0 Å². The third-order valence-electron chi connectivity index (χ3n) is 6.19. The quantitative estimate of drug-likeness (QED) is 0.466. The monoisotopic (exact) mass is 459 g/mol. The first-order valence-electron chi connectivity index (χ1n) is 11.2. The van der Waals surface area contributed by atoms with E-state index >= 15 is 0 Å². The number of pyridine rings is 1. The molecule has 0 saturated carbocycles. The number of hydrogen-bond acceptors (Lipinski definition) is 7. The van der Waals surface area contributed by atoms with E-state index in [-0.39, 0.29) is 17.8 Å². The Morgan fingerprint density at radius 2 is 1.79 bits per heavy atom. The van der Waals surface area contributed by atoms with Gasteiger partial charge < -0.3 is 15.0 Å². The molecule has 1 saturated heterocycles. The summed E-state index contributed by atoms with van der Waals surface area (Å²) >= 11 is 0. The molecule has 34 heavy (non-hydrogen) atoms. The number of ether oxygens (including phenoxy) is 1. The number of halogens is 1. The van der Waals surface area contributed by atoms with Crippen molar-refractivity contribution in [2.24, 2.45) is 0 Å². The highest BCUT2D eigenvalue weighted by atomic mass is 19.1. The van der Waals surface area contributed by atoms with Crippen LogP contribution in [0, 0.1) is 5.82 Å². The first-order valence-corrected chi connectivity index (χ1v) is 11.2. The van der Waals surface area contributed by atoms with Crippen LogP contribution in [0.3, 0.4) is 0 Å². The molecule has 0 radical (unpaired) electrons. The molecule has 0 unspecified atom stereocenters. The molecule has 1 aliphatic heterocycles. The van der Waals surface area contributed by atoms with E-state index in [4.69, 9.17) is 15.5 Å². The van der Waals surface area contributed by atoms with Crippen LogP contribution in [-0.2, 0) is 6.54 Å². The fraction of sp³-hybridized carbons (Fsp3) is 0.280. The van der Waals surface area contributed by atoms with Gasteiger partial charge in [-0.25, -0.2) is 24.3 Å². The Morgan fingerprint density at radius 3 is 2.53 bits per heavy atom. The second-order valence-electron chi connectivity index (χ2n) is 8.37. The predicted octanol–water partition coefficient (Wildman–Crippen LogP) is 3.97. The number of anilines is 1. The number of imidazole rings is 1. The van der Waals surface area contributed by atoms with Gasteiger partial charge in [0.2, 0.25) is 11.8 Å². The summed E-state index contributed by atoms with van der Waals surface area (Å²) in [6.07, 6.45) is 7.22. The summed E-state index contributed by atoms with van der Waals surface area (Å²) in [5.41, 5.74) is 10.2. The zero-order valence-electron chi connectivity index (χ0n) is 18.9. The van der Waals surface area contributed by atoms with E-state index in [1.807, 2.05) is 24.5 Å². The molecule has 1 aliphatic rings. The number of rotatable bonds is 6. The fourth-order valence-electron chi connectivity index (χ4n) is 4.49. The lowest BCUT2D eigenvalue weighted by molar-refractivity contribution is 0.180. The minimum absolute atomic E-state index is 0.206. The van der Waals surface area contributed by atoms with E-state index < -0.39 is 0 Å². The molecule has 2 N–H and O–H groups in total. The summed E-state index contributed by atoms with van der Waals surface area (Å²) in [5.74, 6) is 0.556. The Hall–Kier alpha value is -3.85. The van der Waals surface area contributed by atoms with Gasteiger partial charge in [-0.2, -0.15) is 0 Å². The van der Waals surface area contributed by atoms with Crippen LogP contribution in [-0.4, -0.2) is 49.6 Å². The van der Waals surface area contributed by atoms with Gasteiger partial charge >= 0.3 is 0 Å². The summed E-state index contributed by atoms with van der Waals surface area (Å²) in [6, 6.07) is 12.5. The lowest BCUT2D eigenvalue weighted by Crippen LogP contribution is -2.34. The molecule has 4 heterocycles. The molecule has 9 heteroatoms. The van der Waals surface area contributed by atoms with Crippen LogP contribution in [0.5, 0.6) is 5.88 Å². The predicted molar refractivity (Wildman–Crippen MR) is 127 cm³/mol. The number of nitrogen functional groups attached to an aromatic ring is 1. The van der Waals surface area contributed by atoms with E-state index in [2.05, 4.69) is 24.4 Å². The molecule has 1 fully saturated rings. The normalized spacial score (nSPS) is 14.9. The molecule has 0 aliphatic carbocycles. The topological polar surface area (TPSA) is 95.0 Å². The average molecular weight is 460 g/mol. The van der Waals surface area contributed by atoms with Crippen LogP contribution >= 0.6 is 0 Å². The summed E-state index contributed by atoms with van der Waals surface area (Å²) in [7, 11) is 1.63. The Labute approximate surface area is 197 Å². The highest BCUT2D eigenvalue weighted by molar-refractivity contribution is 5.77. The zero-order valence-corrected chi connectivity index (χ0v) is 18.9. The maximum atomic E-state index is 13.5. The van der Waals surface area contributed by atoms with Crippen molar-refractivity contribution in [2.75, 3.05) is 25.9 Å². The number of nitrogens with two attached hydrogens (primary N) is 1. The molecule has 0 spiro atoms. The van der Waals surface area contributed by atoms with Gasteiger partial charge in [-0.05, 0) is 54.8 Å². The first kappa shape index (κ1) is 22.0. The number of methoxy groups -OCH3 is 1. The van der Waals surface area contributed by atoms with Crippen molar-refractivity contribution in [1.82, 2.24) is 29.4 Å². The molecule has 4 aromatic rings. The van der Waals surface area contributed by atoms with Gasteiger partial charge in [0.25, 0.3) is 0 Å². The third-order valence-corrected chi connectivity index (χ3v) is 6.19. The van der Waals surface area contributed by atoms with E-state index in [9.17, 15) is 4.39 Å². The standard InChI is InChI=1S/C25H26FN7O/c1-34-22-14-17(6-10-28-22)15-32-12-8-20(9-13-32)33-16-30-23(18-2-4-19(26)5-3-18)24(33)21-7-11-29-25(27)31-21/h2-7,10-11,14,16,20H,8-9,12-13,15H2,1H3,(H2,27,29,31). The SMILES string of the molecule is COc1cc(CN2CCC(n3cnc(-c4ccc(F)cc4)c3-c3ccnc(N)n3)CC2)ccn1. The number of likely N-dealkylation sites (tertiary alicyclic amines) is 1. The maximum Gasteiger partial charge on any atom is 0.220 e. The highest BCUT2D eigenvalue weighted by Gasteiger charge is 2.26. The molecule has 5 rings (SSSR count). The van der Waals surface area contributed by atoms with Gasteiger partial charge in [-0.1, -0.05) is 0 Å². The van der Waals surface area contributed by atoms with Crippen molar-refractivity contribution < 1.29 is 9.13 Å². The summed E-state index contributed by atoms with van der Waals surface area (Å²) < 4.78 is 21.0. The van der Waals surface area contributed by atoms with Crippen molar-refractivity contribution in [2.45, 2.75) is 25.4 Å². The molecule has 1 aromatic carbocycles. The van der Waals surface area contributed by atoms with Crippen LogP contribution in [0.4, 0.5) is 10.3 Å². The number of nitrogens with zero attached hydrogens (tertiary/aromatic N) is 6. The summed E-state index contributed by atoms with van der Waals surface area (Å²) in [5, 5.41) is 0. The minimum atomic E-state index is -0.282. The second kappa shape index (κ2) is 9.56. The Bertz CT molecular complexity index is 1270. The molecule has 3 aromatic heterocycles. The second-order valence-corrected chi connectivity index (χ2v) is 8.37. The van der Waals surface area contributed by atoms with Crippen LogP contribution in [0.1, 0.15) is 24.4 Å². The van der Waals surface area contributed by atoms with Crippen molar-refractivity contribution in [1.29, 1.82) is 0 Å².